The lowest BCUT2D eigenvalue weighted by Gasteiger charge is -2.25. The van der Waals surface area contributed by atoms with Crippen LogP contribution >= 0.6 is 0 Å². The van der Waals surface area contributed by atoms with E-state index in [2.05, 4.69) is 0 Å². The molecule has 1 aliphatic rings. The van der Waals surface area contributed by atoms with Gasteiger partial charge in [0.15, 0.2) is 0 Å². The number of amides is 1. The summed E-state index contributed by atoms with van der Waals surface area (Å²) in [6, 6.07) is 14.8. The number of rotatable bonds is 6. The molecule has 5 heteroatoms. The number of carboxylic acid groups (broad SMARTS) is 1. The average molecular weight is 353 g/mol. The van der Waals surface area contributed by atoms with Crippen molar-refractivity contribution in [2.24, 2.45) is 0 Å². The first kappa shape index (κ1) is 18.0. The third-order valence-corrected chi connectivity index (χ3v) is 4.91. The Balaban J connectivity index is 1.70. The molecule has 1 aliphatic heterocycles. The first-order valence-corrected chi connectivity index (χ1v) is 8.85. The number of ether oxygens (including phenoxy) is 1. The van der Waals surface area contributed by atoms with Gasteiger partial charge in [0.05, 0.1) is 18.7 Å². The number of methoxy groups -OCH3 is 1. The third-order valence-electron chi connectivity index (χ3n) is 4.91. The molecule has 1 amide bonds. The number of benzene rings is 2. The molecule has 1 N–H and O–H groups in total. The Kier molecular flexibility index (Phi) is 5.56. The summed E-state index contributed by atoms with van der Waals surface area (Å²) in [7, 11) is 1.64. The van der Waals surface area contributed by atoms with Crippen LogP contribution in [0.1, 0.15) is 46.8 Å². The quantitative estimate of drug-likeness (QED) is 0.860. The number of carbonyl (C=O) groups is 2. The van der Waals surface area contributed by atoms with Crippen LogP contribution in [0.5, 0.6) is 5.75 Å². The summed E-state index contributed by atoms with van der Waals surface area (Å²) in [6.07, 6.45) is 2.65. The minimum Gasteiger partial charge on any atom is -0.497 e. The van der Waals surface area contributed by atoms with Gasteiger partial charge in [-0.25, -0.2) is 4.79 Å². The van der Waals surface area contributed by atoms with E-state index in [-0.39, 0.29) is 17.5 Å². The van der Waals surface area contributed by atoms with Crippen LogP contribution in [0.25, 0.3) is 0 Å². The van der Waals surface area contributed by atoms with Crippen LogP contribution in [0.15, 0.2) is 48.5 Å². The zero-order chi connectivity index (χ0) is 18.5. The van der Waals surface area contributed by atoms with Gasteiger partial charge < -0.3 is 14.7 Å². The fourth-order valence-electron chi connectivity index (χ4n) is 3.59. The van der Waals surface area contributed by atoms with E-state index in [1.54, 1.807) is 31.4 Å². The van der Waals surface area contributed by atoms with Gasteiger partial charge in [-0.05, 0) is 48.6 Å². The molecule has 0 saturated carbocycles. The maximum absolute atomic E-state index is 12.8. The second kappa shape index (κ2) is 8.04. The summed E-state index contributed by atoms with van der Waals surface area (Å²) >= 11 is 0. The Bertz CT molecular complexity index is 802. The van der Waals surface area contributed by atoms with Gasteiger partial charge in [-0.3, -0.25) is 4.79 Å². The van der Waals surface area contributed by atoms with Crippen LogP contribution in [-0.2, 0) is 11.2 Å². The minimum absolute atomic E-state index is 0.0623. The SMILES string of the molecule is COc1cccc(C2CCCN2C(=O)CCc2ccccc2C(=O)O)c1. The van der Waals surface area contributed by atoms with Gasteiger partial charge in [0.25, 0.3) is 0 Å². The molecule has 26 heavy (non-hydrogen) atoms. The number of hydrogen-bond acceptors (Lipinski definition) is 3. The Morgan fingerprint density at radius 3 is 2.77 bits per heavy atom. The summed E-state index contributed by atoms with van der Waals surface area (Å²) in [6.45, 7) is 0.737. The topological polar surface area (TPSA) is 66.8 Å². The highest BCUT2D eigenvalue weighted by molar-refractivity contribution is 5.89. The van der Waals surface area contributed by atoms with Crippen molar-refractivity contribution in [1.29, 1.82) is 0 Å². The highest BCUT2D eigenvalue weighted by Gasteiger charge is 2.29. The van der Waals surface area contributed by atoms with Crippen molar-refractivity contribution in [1.82, 2.24) is 4.90 Å². The molecule has 0 spiro atoms. The van der Waals surface area contributed by atoms with E-state index in [1.807, 2.05) is 29.2 Å². The second-order valence-corrected chi connectivity index (χ2v) is 6.48. The van der Waals surface area contributed by atoms with Crippen LogP contribution in [0.2, 0.25) is 0 Å². The van der Waals surface area contributed by atoms with Gasteiger partial charge in [0, 0.05) is 13.0 Å². The number of likely N-dealkylation sites (tertiary alicyclic amines) is 1. The van der Waals surface area contributed by atoms with Crippen LogP contribution < -0.4 is 4.74 Å². The zero-order valence-corrected chi connectivity index (χ0v) is 14.9. The van der Waals surface area contributed by atoms with Crippen LogP contribution in [0.4, 0.5) is 0 Å². The fourth-order valence-corrected chi connectivity index (χ4v) is 3.59. The third kappa shape index (κ3) is 3.87. The molecule has 0 bridgehead atoms. The summed E-state index contributed by atoms with van der Waals surface area (Å²) in [5, 5.41) is 9.28. The highest BCUT2D eigenvalue weighted by atomic mass is 16.5. The molecule has 0 aliphatic carbocycles. The van der Waals surface area contributed by atoms with Crippen molar-refractivity contribution in [3.8, 4) is 5.75 Å². The van der Waals surface area contributed by atoms with Crippen LogP contribution in [0, 0.1) is 0 Å². The van der Waals surface area contributed by atoms with Crippen LogP contribution in [-0.4, -0.2) is 35.5 Å². The monoisotopic (exact) mass is 353 g/mol. The van der Waals surface area contributed by atoms with E-state index in [1.165, 1.54) is 0 Å². The number of nitrogens with zero attached hydrogens (tertiary/aromatic N) is 1. The molecule has 5 nitrogen and oxygen atoms in total. The van der Waals surface area contributed by atoms with Gasteiger partial charge in [0.1, 0.15) is 5.75 Å². The summed E-state index contributed by atoms with van der Waals surface area (Å²) in [5.41, 5.74) is 2.05. The maximum atomic E-state index is 12.8. The highest BCUT2D eigenvalue weighted by Crippen LogP contribution is 2.34. The normalized spacial score (nSPS) is 16.5. The van der Waals surface area contributed by atoms with Gasteiger partial charge in [-0.1, -0.05) is 30.3 Å². The molecule has 0 radical (unpaired) electrons. The molecule has 3 rings (SSSR count). The number of aromatic carboxylic acids is 1. The van der Waals surface area contributed by atoms with Crippen molar-refractivity contribution in [3.05, 3.63) is 65.2 Å². The lowest BCUT2D eigenvalue weighted by molar-refractivity contribution is -0.132. The molecule has 1 saturated heterocycles. The first-order chi connectivity index (χ1) is 12.6. The molecular formula is C21H23NO4. The predicted octanol–water partition coefficient (Wildman–Crippen LogP) is 3.69. The van der Waals surface area contributed by atoms with Crippen molar-refractivity contribution in [2.45, 2.75) is 31.7 Å². The van der Waals surface area contributed by atoms with Crippen LogP contribution in [0.3, 0.4) is 0 Å². The molecule has 1 heterocycles. The van der Waals surface area contributed by atoms with Crippen molar-refractivity contribution in [3.63, 3.8) is 0 Å². The molecule has 1 unspecified atom stereocenters. The Morgan fingerprint density at radius 2 is 2.00 bits per heavy atom. The molecular weight excluding hydrogens is 330 g/mol. The smallest absolute Gasteiger partial charge is 0.335 e. The van der Waals surface area contributed by atoms with Gasteiger partial charge >= 0.3 is 5.97 Å². The van der Waals surface area contributed by atoms with Crippen molar-refractivity contribution < 1.29 is 19.4 Å². The predicted molar refractivity (Wildman–Crippen MR) is 98.4 cm³/mol. The standard InChI is InChI=1S/C21H23NO4/c1-26-17-8-4-7-16(14-17)19-10-5-13-22(19)20(23)12-11-15-6-2-3-9-18(15)21(24)25/h2-4,6-9,14,19H,5,10-13H2,1H3,(H,24,25). The van der Waals surface area contributed by atoms with E-state index in [4.69, 9.17) is 4.74 Å². The molecule has 136 valence electrons. The van der Waals surface area contributed by atoms with E-state index in [0.29, 0.717) is 18.4 Å². The Hall–Kier alpha value is -2.82. The van der Waals surface area contributed by atoms with E-state index < -0.39 is 5.97 Å². The fraction of sp³-hybridized carbons (Fsp3) is 0.333. The molecule has 2 aromatic rings. The van der Waals surface area contributed by atoms with Gasteiger partial charge in [-0.2, -0.15) is 0 Å². The van der Waals surface area contributed by atoms with E-state index in [0.717, 1.165) is 30.7 Å². The number of aryl methyl sites for hydroxylation is 1. The lowest BCUT2D eigenvalue weighted by atomic mass is 10.0. The molecule has 2 aromatic carbocycles. The lowest BCUT2D eigenvalue weighted by Crippen LogP contribution is -2.30. The van der Waals surface area contributed by atoms with E-state index in [9.17, 15) is 14.7 Å². The van der Waals surface area contributed by atoms with Crippen molar-refractivity contribution >= 4 is 11.9 Å². The minimum atomic E-state index is -0.955. The first-order valence-electron chi connectivity index (χ1n) is 8.85. The molecule has 1 atom stereocenters. The maximum Gasteiger partial charge on any atom is 0.335 e. The number of carbonyl (C=O) groups excluding carboxylic acids is 1. The Labute approximate surface area is 153 Å². The van der Waals surface area contributed by atoms with Gasteiger partial charge in [-0.15, -0.1) is 0 Å². The Morgan fingerprint density at radius 1 is 1.19 bits per heavy atom. The van der Waals surface area contributed by atoms with Crippen molar-refractivity contribution in [2.75, 3.05) is 13.7 Å². The van der Waals surface area contributed by atoms with E-state index >= 15 is 0 Å². The van der Waals surface area contributed by atoms with Gasteiger partial charge in [0.2, 0.25) is 5.91 Å². The number of hydrogen-bond donors (Lipinski definition) is 1. The summed E-state index contributed by atoms with van der Waals surface area (Å²) in [4.78, 5) is 26.0. The summed E-state index contributed by atoms with van der Waals surface area (Å²) < 4.78 is 5.29. The number of carboxylic acids is 1. The molecule has 1 fully saturated rings. The summed E-state index contributed by atoms with van der Waals surface area (Å²) in [5.74, 6) is -0.101. The molecule has 0 aromatic heterocycles. The second-order valence-electron chi connectivity index (χ2n) is 6.48. The largest absolute Gasteiger partial charge is 0.497 e. The average Bonchev–Trinajstić information content (AvgIpc) is 3.16. The zero-order valence-electron chi connectivity index (χ0n) is 14.9.